The highest BCUT2D eigenvalue weighted by Gasteiger charge is 2.20. The first-order valence-corrected chi connectivity index (χ1v) is 19.3. The fourth-order valence-electron chi connectivity index (χ4n) is 8.06. The minimum atomic E-state index is 0.624. The van der Waals surface area contributed by atoms with Crippen LogP contribution in [0.15, 0.2) is 199 Å². The lowest BCUT2D eigenvalue weighted by atomic mass is 9.99. The second kappa shape index (κ2) is 12.8. The van der Waals surface area contributed by atoms with Crippen molar-refractivity contribution in [1.82, 2.24) is 4.98 Å². The van der Waals surface area contributed by atoms with Gasteiger partial charge in [-0.05, 0) is 93.5 Å². The van der Waals surface area contributed by atoms with Crippen molar-refractivity contribution in [3.63, 3.8) is 0 Å². The molecule has 0 saturated carbocycles. The van der Waals surface area contributed by atoms with Gasteiger partial charge < -0.3 is 9.32 Å². The molecule has 0 aliphatic rings. The molecule has 258 valence electrons. The SMILES string of the molecule is c1ccc(-c2cccc(-c3nc4ccc5c6ccc(N(c7ccc8c(c7)sc7ccccc78)c7ccccc7-c7ccccc7)cc6ccc5c4o3)c2)cc1. The largest absolute Gasteiger partial charge is 0.435 e. The van der Waals surface area contributed by atoms with Gasteiger partial charge in [0.15, 0.2) is 5.58 Å². The molecule has 55 heavy (non-hydrogen) atoms. The van der Waals surface area contributed by atoms with Gasteiger partial charge >= 0.3 is 0 Å². The molecular weight excluding hydrogens is 689 g/mol. The number of para-hydroxylation sites is 1. The van der Waals surface area contributed by atoms with Gasteiger partial charge in [0.1, 0.15) is 5.52 Å². The van der Waals surface area contributed by atoms with Crippen molar-refractivity contribution >= 4 is 81.2 Å². The molecule has 2 heterocycles. The van der Waals surface area contributed by atoms with Crippen LogP contribution >= 0.6 is 11.3 Å². The normalized spacial score (nSPS) is 11.6. The Morgan fingerprint density at radius 3 is 1.95 bits per heavy atom. The molecule has 0 N–H and O–H groups in total. The van der Waals surface area contributed by atoms with E-state index < -0.39 is 0 Å². The lowest BCUT2D eigenvalue weighted by Gasteiger charge is -2.28. The summed E-state index contributed by atoms with van der Waals surface area (Å²) in [6, 6.07) is 69.3. The lowest BCUT2D eigenvalue weighted by Crippen LogP contribution is -2.11. The predicted octanol–water partition coefficient (Wildman–Crippen LogP) is 15.0. The minimum absolute atomic E-state index is 0.624. The van der Waals surface area contributed by atoms with Gasteiger partial charge in [0.05, 0.1) is 5.69 Å². The monoisotopic (exact) mass is 720 g/mol. The fourth-order valence-corrected chi connectivity index (χ4v) is 9.19. The molecule has 9 aromatic carbocycles. The van der Waals surface area contributed by atoms with E-state index in [1.165, 1.54) is 42.2 Å². The first-order chi connectivity index (χ1) is 27.2. The molecule has 0 atom stereocenters. The van der Waals surface area contributed by atoms with E-state index in [2.05, 4.69) is 193 Å². The Morgan fingerprint density at radius 2 is 1.07 bits per heavy atom. The third-order valence-corrected chi connectivity index (χ3v) is 11.8. The molecule has 2 aromatic heterocycles. The standard InChI is InChI=1S/C51H32N2OS/c1-3-12-33(13-4-1)35-16-11-17-37(30-35)51-52-46-29-28-42-40-26-23-38(31-36(40)22-25-45(42)50(46)54-51)53(47-20-9-7-18-41(47)34-14-5-2-6-15-34)39-24-27-44-43-19-8-10-21-48(43)55-49(44)32-39/h1-32H. The van der Waals surface area contributed by atoms with Crippen LogP contribution in [0.3, 0.4) is 0 Å². The van der Waals surface area contributed by atoms with Crippen molar-refractivity contribution in [1.29, 1.82) is 0 Å². The summed E-state index contributed by atoms with van der Waals surface area (Å²) in [6.45, 7) is 0. The summed E-state index contributed by atoms with van der Waals surface area (Å²) >= 11 is 1.85. The fraction of sp³-hybridized carbons (Fsp3) is 0. The summed E-state index contributed by atoms with van der Waals surface area (Å²) in [7, 11) is 0. The molecule has 0 aliphatic carbocycles. The van der Waals surface area contributed by atoms with Gasteiger partial charge in [-0.3, -0.25) is 0 Å². The predicted molar refractivity (Wildman–Crippen MR) is 233 cm³/mol. The van der Waals surface area contributed by atoms with Crippen LogP contribution in [0.25, 0.3) is 86.5 Å². The third-order valence-electron chi connectivity index (χ3n) is 10.7. The highest BCUT2D eigenvalue weighted by Crippen LogP contribution is 2.45. The smallest absolute Gasteiger partial charge is 0.227 e. The number of rotatable bonds is 6. The topological polar surface area (TPSA) is 29.3 Å². The number of oxazole rings is 1. The molecular formula is C51H32N2OS. The number of nitrogens with zero attached hydrogens (tertiary/aromatic N) is 2. The van der Waals surface area contributed by atoms with Crippen LogP contribution in [-0.4, -0.2) is 4.98 Å². The number of hydrogen-bond donors (Lipinski definition) is 0. The van der Waals surface area contributed by atoms with Crippen LogP contribution in [-0.2, 0) is 0 Å². The van der Waals surface area contributed by atoms with Crippen molar-refractivity contribution in [3.8, 4) is 33.7 Å². The molecule has 4 heteroatoms. The summed E-state index contributed by atoms with van der Waals surface area (Å²) in [5, 5.41) is 7.11. The molecule has 0 saturated heterocycles. The summed E-state index contributed by atoms with van der Waals surface area (Å²) in [4.78, 5) is 7.36. The lowest BCUT2D eigenvalue weighted by molar-refractivity contribution is 0.623. The Hall–Kier alpha value is -7.01. The highest BCUT2D eigenvalue weighted by atomic mass is 32.1. The van der Waals surface area contributed by atoms with Crippen molar-refractivity contribution in [2.45, 2.75) is 0 Å². The number of fused-ring (bicyclic) bond motifs is 8. The van der Waals surface area contributed by atoms with Crippen LogP contribution in [0.1, 0.15) is 0 Å². The number of anilines is 3. The quantitative estimate of drug-likeness (QED) is 0.160. The number of benzene rings is 9. The van der Waals surface area contributed by atoms with Crippen LogP contribution in [0.5, 0.6) is 0 Å². The van der Waals surface area contributed by atoms with E-state index >= 15 is 0 Å². The average Bonchev–Trinajstić information content (AvgIpc) is 3.87. The molecule has 0 unspecified atom stereocenters. The second-order valence-corrected chi connectivity index (χ2v) is 15.0. The molecule has 0 spiro atoms. The first-order valence-electron chi connectivity index (χ1n) is 18.5. The van der Waals surface area contributed by atoms with Crippen LogP contribution in [0, 0.1) is 0 Å². The number of thiophene rings is 1. The van der Waals surface area contributed by atoms with Gasteiger partial charge in [0, 0.05) is 48.1 Å². The first kappa shape index (κ1) is 31.5. The van der Waals surface area contributed by atoms with Gasteiger partial charge in [-0.2, -0.15) is 0 Å². The Bertz CT molecular complexity index is 3220. The van der Waals surface area contributed by atoms with Crippen molar-refractivity contribution in [3.05, 3.63) is 194 Å². The van der Waals surface area contributed by atoms with E-state index in [4.69, 9.17) is 9.40 Å². The van der Waals surface area contributed by atoms with Gasteiger partial charge in [-0.25, -0.2) is 4.98 Å². The van der Waals surface area contributed by atoms with Crippen molar-refractivity contribution < 1.29 is 4.42 Å². The summed E-state index contributed by atoms with van der Waals surface area (Å²) < 4.78 is 9.15. The van der Waals surface area contributed by atoms with E-state index in [1.807, 2.05) is 17.4 Å². The van der Waals surface area contributed by atoms with E-state index in [0.29, 0.717) is 5.89 Å². The van der Waals surface area contributed by atoms with Crippen molar-refractivity contribution in [2.75, 3.05) is 4.90 Å². The van der Waals surface area contributed by atoms with E-state index in [1.54, 1.807) is 0 Å². The zero-order valence-electron chi connectivity index (χ0n) is 29.7. The van der Waals surface area contributed by atoms with E-state index in [0.717, 1.165) is 55.4 Å². The Kier molecular flexibility index (Phi) is 7.35. The van der Waals surface area contributed by atoms with Crippen LogP contribution in [0.4, 0.5) is 17.1 Å². The van der Waals surface area contributed by atoms with Crippen LogP contribution in [0.2, 0.25) is 0 Å². The van der Waals surface area contributed by atoms with Gasteiger partial charge in [-0.15, -0.1) is 11.3 Å². The molecule has 0 radical (unpaired) electrons. The zero-order chi connectivity index (χ0) is 36.3. The third kappa shape index (κ3) is 5.38. The number of hydrogen-bond acceptors (Lipinski definition) is 4. The molecule has 11 aromatic rings. The maximum absolute atomic E-state index is 6.58. The van der Waals surface area contributed by atoms with Crippen molar-refractivity contribution in [2.24, 2.45) is 0 Å². The number of aromatic nitrogens is 1. The summed E-state index contributed by atoms with van der Waals surface area (Å²) in [5.74, 6) is 0.624. The second-order valence-electron chi connectivity index (χ2n) is 13.9. The van der Waals surface area contributed by atoms with Gasteiger partial charge in [-0.1, -0.05) is 133 Å². The Balaban J connectivity index is 1.05. The van der Waals surface area contributed by atoms with Crippen LogP contribution < -0.4 is 4.90 Å². The highest BCUT2D eigenvalue weighted by molar-refractivity contribution is 7.25. The Morgan fingerprint density at radius 1 is 0.418 bits per heavy atom. The molecule has 0 amide bonds. The summed E-state index contributed by atoms with van der Waals surface area (Å²) in [6.07, 6.45) is 0. The molecule has 0 fully saturated rings. The molecule has 11 rings (SSSR count). The van der Waals surface area contributed by atoms with Gasteiger partial charge in [0.2, 0.25) is 5.89 Å². The maximum atomic E-state index is 6.58. The molecule has 0 aliphatic heterocycles. The average molecular weight is 721 g/mol. The van der Waals surface area contributed by atoms with E-state index in [-0.39, 0.29) is 0 Å². The minimum Gasteiger partial charge on any atom is -0.435 e. The van der Waals surface area contributed by atoms with E-state index in [9.17, 15) is 0 Å². The Labute approximate surface area is 322 Å². The molecule has 0 bridgehead atoms. The summed E-state index contributed by atoms with van der Waals surface area (Å²) in [5.41, 5.74) is 10.6. The molecule has 3 nitrogen and oxygen atoms in total. The zero-order valence-corrected chi connectivity index (χ0v) is 30.5. The van der Waals surface area contributed by atoms with Gasteiger partial charge in [0.25, 0.3) is 0 Å². The maximum Gasteiger partial charge on any atom is 0.227 e.